The first-order valence-corrected chi connectivity index (χ1v) is 13.8. The smallest absolute Gasteiger partial charge is 0.223 e. The van der Waals surface area contributed by atoms with E-state index in [-0.39, 0.29) is 24.2 Å². The molecule has 1 aromatic carbocycles. The van der Waals surface area contributed by atoms with Crippen molar-refractivity contribution in [3.63, 3.8) is 0 Å². The predicted octanol–water partition coefficient (Wildman–Crippen LogP) is 3.94. The molecular weight excluding hydrogens is 500 g/mol. The molecule has 2 aliphatic heterocycles. The topological polar surface area (TPSA) is 134 Å². The summed E-state index contributed by atoms with van der Waals surface area (Å²) in [6.07, 6.45) is 1.80. The Morgan fingerprint density at radius 2 is 1.95 bits per heavy atom. The van der Waals surface area contributed by atoms with Gasteiger partial charge in [-0.2, -0.15) is 0 Å². The highest BCUT2D eigenvalue weighted by atomic mass is 16.6. The number of amides is 1. The van der Waals surface area contributed by atoms with Gasteiger partial charge >= 0.3 is 0 Å². The lowest BCUT2D eigenvalue weighted by atomic mass is 9.72. The molecule has 9 heteroatoms. The number of fused-ring (bicyclic) bond motifs is 2. The number of allylic oxidation sites excluding steroid dienone is 2. The molecule has 0 spiro atoms. The third-order valence-corrected chi connectivity index (χ3v) is 8.42. The summed E-state index contributed by atoms with van der Waals surface area (Å²) in [4.78, 5) is 31.4. The number of ketones is 1. The molecule has 0 saturated carbocycles. The lowest BCUT2D eigenvalue weighted by Gasteiger charge is -2.35. The summed E-state index contributed by atoms with van der Waals surface area (Å²) in [6.45, 7) is 11.0. The molecule has 1 amide bonds. The standard InChI is InChI=1S/C30H42N2O7/c1-7-8-9-20-27(35)17(2)37-13-12-30(6)25(39-30)15-21(19-10-11-23-22(14-19)31-18(3)38-23)32-26(34)16-24(33)29(4,5)28(20)36/h7-8,10-11,14,17,20-21,24-25,27,33,35H,9,12-13,15-16H2,1-6H3,(H,32,34)/t17-,20-,21+,24+,25+,27-,30-/m1/s1. The van der Waals surface area contributed by atoms with E-state index in [4.69, 9.17) is 13.9 Å². The van der Waals surface area contributed by atoms with E-state index in [9.17, 15) is 19.8 Å². The molecule has 2 fully saturated rings. The maximum Gasteiger partial charge on any atom is 0.223 e. The van der Waals surface area contributed by atoms with Gasteiger partial charge in [0.2, 0.25) is 5.91 Å². The van der Waals surface area contributed by atoms with Gasteiger partial charge in [-0.05, 0) is 44.9 Å². The zero-order valence-corrected chi connectivity index (χ0v) is 23.8. The van der Waals surface area contributed by atoms with E-state index >= 15 is 0 Å². The average Bonchev–Trinajstić information content (AvgIpc) is 3.34. The number of nitrogens with zero attached hydrogens (tertiary/aromatic N) is 1. The molecule has 0 radical (unpaired) electrons. The molecule has 3 N–H and O–H groups in total. The van der Waals surface area contributed by atoms with E-state index in [1.165, 1.54) is 0 Å². The van der Waals surface area contributed by atoms with Crippen molar-refractivity contribution in [2.75, 3.05) is 6.61 Å². The molecule has 39 heavy (non-hydrogen) atoms. The van der Waals surface area contributed by atoms with E-state index in [0.717, 1.165) is 5.56 Å². The number of Topliss-reactive ketones (excluding diaryl/α,β-unsaturated/α-hetero) is 1. The third kappa shape index (κ3) is 6.43. The Kier molecular flexibility index (Phi) is 8.66. The number of aliphatic hydroxyl groups is 2. The first-order valence-electron chi connectivity index (χ1n) is 13.8. The van der Waals surface area contributed by atoms with Crippen molar-refractivity contribution in [1.82, 2.24) is 10.3 Å². The molecule has 2 aromatic rings. The summed E-state index contributed by atoms with van der Waals surface area (Å²) in [5.41, 5.74) is 0.519. The zero-order valence-electron chi connectivity index (χ0n) is 23.8. The summed E-state index contributed by atoms with van der Waals surface area (Å²) < 4.78 is 17.7. The van der Waals surface area contributed by atoms with Crippen LogP contribution in [0.5, 0.6) is 0 Å². The molecule has 7 atom stereocenters. The lowest BCUT2D eigenvalue weighted by Crippen LogP contribution is -2.48. The number of oxazole rings is 1. The van der Waals surface area contributed by atoms with Crippen molar-refractivity contribution in [3.8, 4) is 0 Å². The molecule has 2 saturated heterocycles. The second-order valence-electron chi connectivity index (χ2n) is 11.8. The van der Waals surface area contributed by atoms with E-state index in [1.54, 1.807) is 27.7 Å². The number of aliphatic hydroxyl groups excluding tert-OH is 2. The van der Waals surface area contributed by atoms with Crippen LogP contribution in [0.4, 0.5) is 0 Å². The molecule has 1 aromatic heterocycles. The molecule has 214 valence electrons. The van der Waals surface area contributed by atoms with Crippen molar-refractivity contribution in [3.05, 3.63) is 41.8 Å². The number of hydrogen-bond donors (Lipinski definition) is 3. The number of epoxide rings is 1. The summed E-state index contributed by atoms with van der Waals surface area (Å²) in [5, 5.41) is 25.3. The van der Waals surface area contributed by atoms with Crippen LogP contribution in [-0.2, 0) is 19.1 Å². The first-order chi connectivity index (χ1) is 18.4. The van der Waals surface area contributed by atoms with Crippen molar-refractivity contribution < 1.29 is 33.7 Å². The maximum absolute atomic E-state index is 13.7. The monoisotopic (exact) mass is 542 g/mol. The second-order valence-corrected chi connectivity index (χ2v) is 11.8. The van der Waals surface area contributed by atoms with Crippen LogP contribution < -0.4 is 5.32 Å². The number of hydrogen-bond acceptors (Lipinski definition) is 8. The van der Waals surface area contributed by atoms with E-state index < -0.39 is 41.3 Å². The molecule has 3 heterocycles. The number of nitrogens with one attached hydrogen (secondary N) is 1. The van der Waals surface area contributed by atoms with Crippen molar-refractivity contribution in [2.45, 2.75) is 103 Å². The number of aromatic nitrogens is 1. The Hall–Kier alpha value is -2.59. The maximum atomic E-state index is 13.7. The molecular formula is C30H42N2O7. The van der Waals surface area contributed by atoms with Crippen molar-refractivity contribution >= 4 is 22.8 Å². The van der Waals surface area contributed by atoms with Crippen LogP contribution in [0, 0.1) is 18.3 Å². The molecule has 0 bridgehead atoms. The number of benzene rings is 1. The Morgan fingerprint density at radius 3 is 2.67 bits per heavy atom. The fraction of sp³-hybridized carbons (Fsp3) is 0.633. The summed E-state index contributed by atoms with van der Waals surface area (Å²) in [5.74, 6) is -0.912. The third-order valence-electron chi connectivity index (χ3n) is 8.42. The number of carbonyl (C=O) groups excluding carboxylic acids is 2. The minimum absolute atomic E-state index is 0.111. The van der Waals surface area contributed by atoms with Crippen LogP contribution >= 0.6 is 0 Å². The second kappa shape index (κ2) is 11.5. The summed E-state index contributed by atoms with van der Waals surface area (Å²) in [6, 6.07) is 5.24. The molecule has 0 aliphatic carbocycles. The van der Waals surface area contributed by atoms with Gasteiger partial charge in [0.25, 0.3) is 0 Å². The minimum atomic E-state index is -1.27. The van der Waals surface area contributed by atoms with Crippen LogP contribution in [0.25, 0.3) is 11.1 Å². The number of aryl methyl sites for hydroxylation is 1. The Morgan fingerprint density at radius 1 is 1.21 bits per heavy atom. The largest absolute Gasteiger partial charge is 0.441 e. The SMILES string of the molecule is CC=CC[C@H]1C(=O)C(C)(C)[C@@H](O)CC(=O)N[C@H](c2ccc3oc(C)nc3c2)C[C@@H]2O[C@]2(C)CCO[C@H](C)[C@H]1O. The van der Waals surface area contributed by atoms with Gasteiger partial charge in [0.05, 0.1) is 53.8 Å². The Labute approximate surface area is 230 Å². The van der Waals surface area contributed by atoms with E-state index in [0.29, 0.717) is 42.9 Å². The normalized spacial score (nSPS) is 34.7. The van der Waals surface area contributed by atoms with Gasteiger partial charge in [0, 0.05) is 26.4 Å². The van der Waals surface area contributed by atoms with Gasteiger partial charge in [-0.25, -0.2) is 4.98 Å². The number of carbonyl (C=O) groups is 2. The fourth-order valence-corrected chi connectivity index (χ4v) is 5.46. The summed E-state index contributed by atoms with van der Waals surface area (Å²) in [7, 11) is 0. The highest BCUT2D eigenvalue weighted by Gasteiger charge is 2.53. The minimum Gasteiger partial charge on any atom is -0.441 e. The Balaban J connectivity index is 1.63. The summed E-state index contributed by atoms with van der Waals surface area (Å²) >= 11 is 0. The van der Waals surface area contributed by atoms with Crippen LogP contribution in [0.15, 0.2) is 34.8 Å². The van der Waals surface area contributed by atoms with Crippen LogP contribution in [-0.4, -0.2) is 63.5 Å². The van der Waals surface area contributed by atoms with E-state index in [1.807, 2.05) is 44.2 Å². The van der Waals surface area contributed by atoms with Gasteiger partial charge < -0.3 is 29.4 Å². The highest BCUT2D eigenvalue weighted by Crippen LogP contribution is 2.44. The predicted molar refractivity (Wildman–Crippen MR) is 146 cm³/mol. The molecule has 4 rings (SSSR count). The number of rotatable bonds is 3. The van der Waals surface area contributed by atoms with Gasteiger partial charge in [-0.3, -0.25) is 9.59 Å². The van der Waals surface area contributed by atoms with Gasteiger partial charge in [0.15, 0.2) is 11.5 Å². The van der Waals surface area contributed by atoms with Crippen LogP contribution in [0.2, 0.25) is 0 Å². The van der Waals surface area contributed by atoms with E-state index in [2.05, 4.69) is 10.3 Å². The highest BCUT2D eigenvalue weighted by molar-refractivity contribution is 5.88. The number of ether oxygens (including phenoxy) is 2. The van der Waals surface area contributed by atoms with Gasteiger partial charge in [-0.1, -0.05) is 32.1 Å². The first kappa shape index (κ1) is 29.4. The molecule has 0 unspecified atom stereocenters. The molecule has 9 nitrogen and oxygen atoms in total. The molecule has 2 aliphatic rings. The Bertz CT molecular complexity index is 1220. The van der Waals surface area contributed by atoms with Gasteiger partial charge in [-0.15, -0.1) is 0 Å². The quantitative estimate of drug-likeness (QED) is 0.392. The van der Waals surface area contributed by atoms with Crippen LogP contribution in [0.1, 0.15) is 77.8 Å². The fourth-order valence-electron chi connectivity index (χ4n) is 5.46. The van der Waals surface area contributed by atoms with Crippen LogP contribution in [0.3, 0.4) is 0 Å². The zero-order chi connectivity index (χ0) is 28.5. The van der Waals surface area contributed by atoms with Gasteiger partial charge in [0.1, 0.15) is 11.3 Å². The lowest BCUT2D eigenvalue weighted by molar-refractivity contribution is -0.147. The van der Waals surface area contributed by atoms with Crippen molar-refractivity contribution in [2.24, 2.45) is 11.3 Å². The van der Waals surface area contributed by atoms with Crippen molar-refractivity contribution in [1.29, 1.82) is 0 Å². The average molecular weight is 543 g/mol.